The second-order valence-electron chi connectivity index (χ2n) is 5.25. The van der Waals surface area contributed by atoms with E-state index in [1.165, 1.54) is 4.90 Å². The fraction of sp³-hybridized carbons (Fsp3) is 0.571. The van der Waals surface area contributed by atoms with Crippen LogP contribution in [0.5, 0.6) is 0 Å². The fourth-order valence-corrected chi connectivity index (χ4v) is 1.42. The number of carbonyl (C=O) groups is 1. The van der Waals surface area contributed by atoms with Crippen LogP contribution in [-0.4, -0.2) is 29.5 Å². The molecular formula is C14H22N2O2. The number of rotatable bonds is 0. The molecule has 0 aliphatic carbocycles. The summed E-state index contributed by atoms with van der Waals surface area (Å²) in [5.74, 6) is 0. The third-order valence-corrected chi connectivity index (χ3v) is 2.30. The van der Waals surface area contributed by atoms with Gasteiger partial charge in [0, 0.05) is 12.2 Å². The lowest BCUT2D eigenvalue weighted by molar-refractivity contribution is 0.0418. The summed E-state index contributed by atoms with van der Waals surface area (Å²) in [4.78, 5) is 17.7. The van der Waals surface area contributed by atoms with Crippen LogP contribution in [0.1, 0.15) is 40.5 Å². The van der Waals surface area contributed by atoms with E-state index in [0.29, 0.717) is 0 Å². The molecule has 0 saturated heterocycles. The molecule has 1 heterocycles. The molecule has 0 bridgehead atoms. The maximum absolute atomic E-state index is 12.0. The minimum absolute atomic E-state index is 0.394. The molecule has 1 aliphatic heterocycles. The van der Waals surface area contributed by atoms with Crippen molar-refractivity contribution in [3.8, 4) is 0 Å². The predicted octanol–water partition coefficient (Wildman–Crippen LogP) is 3.51. The van der Waals surface area contributed by atoms with Crippen molar-refractivity contribution >= 4 is 12.4 Å². The third-order valence-electron chi connectivity index (χ3n) is 2.30. The Hall–Kier alpha value is -1.58. The lowest BCUT2D eigenvalue weighted by atomic mass is 10.2. The Morgan fingerprint density at radius 1 is 1.44 bits per heavy atom. The SMILES string of the molecule is C/C1=C/C=C/CCC/N=C/N1C(=O)OC(C)(C)C. The van der Waals surface area contributed by atoms with Gasteiger partial charge in [-0.25, -0.2) is 9.69 Å². The molecule has 4 nitrogen and oxygen atoms in total. The molecule has 0 aromatic rings. The number of nitrogens with zero attached hydrogens (tertiary/aromatic N) is 2. The van der Waals surface area contributed by atoms with Crippen LogP contribution in [0.15, 0.2) is 28.9 Å². The Morgan fingerprint density at radius 3 is 2.83 bits per heavy atom. The van der Waals surface area contributed by atoms with Crippen LogP contribution in [0, 0.1) is 0 Å². The number of ether oxygens (including phenoxy) is 1. The van der Waals surface area contributed by atoms with Gasteiger partial charge in [0.05, 0.1) is 6.34 Å². The Balaban J connectivity index is 2.86. The van der Waals surface area contributed by atoms with Crippen molar-refractivity contribution in [2.24, 2.45) is 4.99 Å². The number of amides is 1. The Bertz CT molecular complexity index is 376. The number of carbonyl (C=O) groups excluding carboxylic acids is 1. The average Bonchev–Trinajstić information content (AvgIpc) is 2.24. The summed E-state index contributed by atoms with van der Waals surface area (Å²) in [6, 6.07) is 0. The summed E-state index contributed by atoms with van der Waals surface area (Å²) in [5, 5.41) is 0. The summed E-state index contributed by atoms with van der Waals surface area (Å²) >= 11 is 0. The molecule has 4 heteroatoms. The molecule has 0 spiro atoms. The maximum Gasteiger partial charge on any atom is 0.419 e. The van der Waals surface area contributed by atoms with E-state index in [4.69, 9.17) is 4.74 Å². The highest BCUT2D eigenvalue weighted by Gasteiger charge is 2.22. The van der Waals surface area contributed by atoms with Crippen LogP contribution in [0.4, 0.5) is 4.79 Å². The van der Waals surface area contributed by atoms with Crippen molar-refractivity contribution in [3.63, 3.8) is 0 Å². The van der Waals surface area contributed by atoms with Crippen molar-refractivity contribution < 1.29 is 9.53 Å². The van der Waals surface area contributed by atoms with E-state index in [-0.39, 0.29) is 0 Å². The molecule has 0 aromatic carbocycles. The van der Waals surface area contributed by atoms with Crippen LogP contribution in [-0.2, 0) is 4.74 Å². The molecule has 0 saturated carbocycles. The smallest absolute Gasteiger partial charge is 0.419 e. The molecule has 0 unspecified atom stereocenters. The summed E-state index contributed by atoms with van der Waals surface area (Å²) in [6.07, 6.45) is 9.09. The summed E-state index contributed by atoms with van der Waals surface area (Å²) in [5.41, 5.74) is 0.294. The summed E-state index contributed by atoms with van der Waals surface area (Å²) < 4.78 is 5.35. The van der Waals surface area contributed by atoms with Crippen LogP contribution in [0.3, 0.4) is 0 Å². The van der Waals surface area contributed by atoms with Crippen LogP contribution >= 0.6 is 0 Å². The maximum atomic E-state index is 12.0. The van der Waals surface area contributed by atoms with E-state index in [1.807, 2.05) is 39.8 Å². The van der Waals surface area contributed by atoms with Gasteiger partial charge in [0.25, 0.3) is 0 Å². The highest BCUT2D eigenvalue weighted by Crippen LogP contribution is 2.13. The van der Waals surface area contributed by atoms with Gasteiger partial charge >= 0.3 is 6.09 Å². The average molecular weight is 250 g/mol. The Kier molecular flexibility index (Phi) is 5.13. The van der Waals surface area contributed by atoms with Crippen LogP contribution in [0.2, 0.25) is 0 Å². The van der Waals surface area contributed by atoms with E-state index >= 15 is 0 Å². The molecule has 0 N–H and O–H groups in total. The minimum Gasteiger partial charge on any atom is -0.443 e. The first-order valence-electron chi connectivity index (χ1n) is 6.26. The predicted molar refractivity (Wildman–Crippen MR) is 73.6 cm³/mol. The van der Waals surface area contributed by atoms with E-state index in [9.17, 15) is 4.79 Å². The number of aliphatic imine (C=N–C) groups is 1. The molecule has 0 aromatic heterocycles. The van der Waals surface area contributed by atoms with Gasteiger partial charge in [-0.3, -0.25) is 4.99 Å². The van der Waals surface area contributed by atoms with E-state index in [1.54, 1.807) is 6.34 Å². The van der Waals surface area contributed by atoms with Gasteiger partial charge in [-0.2, -0.15) is 0 Å². The van der Waals surface area contributed by atoms with Gasteiger partial charge in [-0.1, -0.05) is 12.2 Å². The first kappa shape index (κ1) is 14.5. The van der Waals surface area contributed by atoms with Gasteiger partial charge in [0.1, 0.15) is 5.60 Å². The van der Waals surface area contributed by atoms with Crippen LogP contribution < -0.4 is 0 Å². The minimum atomic E-state index is -0.504. The quantitative estimate of drug-likeness (QED) is 0.660. The first-order valence-corrected chi connectivity index (χ1v) is 6.26. The van der Waals surface area contributed by atoms with Crippen molar-refractivity contribution in [3.05, 3.63) is 23.9 Å². The second kappa shape index (κ2) is 6.38. The molecule has 1 rings (SSSR count). The highest BCUT2D eigenvalue weighted by atomic mass is 16.6. The van der Waals surface area contributed by atoms with Gasteiger partial charge in [0.15, 0.2) is 0 Å². The molecule has 0 radical (unpaired) electrons. The highest BCUT2D eigenvalue weighted by molar-refractivity contribution is 5.85. The van der Waals surface area contributed by atoms with E-state index in [0.717, 1.165) is 25.1 Å². The fourth-order valence-electron chi connectivity index (χ4n) is 1.42. The van der Waals surface area contributed by atoms with Crippen molar-refractivity contribution in [1.82, 2.24) is 4.90 Å². The summed E-state index contributed by atoms with van der Waals surface area (Å²) in [7, 11) is 0. The Morgan fingerprint density at radius 2 is 2.17 bits per heavy atom. The molecular weight excluding hydrogens is 228 g/mol. The summed E-state index contributed by atoms with van der Waals surface area (Å²) in [6.45, 7) is 8.13. The second-order valence-corrected chi connectivity index (χ2v) is 5.25. The van der Waals surface area contributed by atoms with Gasteiger partial charge in [-0.15, -0.1) is 0 Å². The normalized spacial score (nSPS) is 23.8. The van der Waals surface area contributed by atoms with Gasteiger partial charge in [0.2, 0.25) is 0 Å². The molecule has 1 amide bonds. The lowest BCUT2D eigenvalue weighted by Crippen LogP contribution is -2.35. The number of hydrogen-bond acceptors (Lipinski definition) is 3. The van der Waals surface area contributed by atoms with Gasteiger partial charge in [-0.05, 0) is 46.6 Å². The van der Waals surface area contributed by atoms with Crippen molar-refractivity contribution in [2.45, 2.75) is 46.1 Å². The standard InChI is InChI=1S/C14H22N2O2/c1-12-9-7-5-6-8-10-15-11-16(12)13(17)18-14(2,3)4/h5,7,9,11H,6,8,10H2,1-4H3/b7-5+,12-9-,15-11+. The lowest BCUT2D eigenvalue weighted by Gasteiger charge is -2.25. The number of hydrogen-bond donors (Lipinski definition) is 0. The monoisotopic (exact) mass is 250 g/mol. The molecule has 100 valence electrons. The molecule has 18 heavy (non-hydrogen) atoms. The van der Waals surface area contributed by atoms with Gasteiger partial charge < -0.3 is 4.74 Å². The molecule has 0 atom stereocenters. The zero-order valence-electron chi connectivity index (χ0n) is 11.6. The van der Waals surface area contributed by atoms with Crippen LogP contribution in [0.25, 0.3) is 0 Å². The molecule has 1 aliphatic rings. The third kappa shape index (κ3) is 5.17. The van der Waals surface area contributed by atoms with Crippen molar-refractivity contribution in [1.29, 1.82) is 0 Å². The first-order chi connectivity index (χ1) is 8.40. The van der Waals surface area contributed by atoms with E-state index in [2.05, 4.69) is 11.1 Å². The molecule has 0 fully saturated rings. The van der Waals surface area contributed by atoms with Crippen molar-refractivity contribution in [2.75, 3.05) is 6.54 Å². The van der Waals surface area contributed by atoms with E-state index < -0.39 is 11.7 Å². The topological polar surface area (TPSA) is 41.9 Å². The zero-order chi connectivity index (χ0) is 13.6. The number of allylic oxidation sites excluding steroid dienone is 4. The largest absolute Gasteiger partial charge is 0.443 e. The Labute approximate surface area is 109 Å². The zero-order valence-corrected chi connectivity index (χ0v) is 11.6.